The second kappa shape index (κ2) is 9.59. The van der Waals surface area contributed by atoms with Crippen LogP contribution in [0.1, 0.15) is 62.2 Å². The summed E-state index contributed by atoms with van der Waals surface area (Å²) in [6.07, 6.45) is 10.7. The van der Waals surface area contributed by atoms with Gasteiger partial charge in [-0.25, -0.2) is 4.79 Å². The minimum atomic E-state index is -1.41. The quantitative estimate of drug-likeness (QED) is 0.502. The van der Waals surface area contributed by atoms with Crippen molar-refractivity contribution in [2.75, 3.05) is 0 Å². The van der Waals surface area contributed by atoms with Crippen LogP contribution in [0.5, 0.6) is 0 Å². The van der Waals surface area contributed by atoms with E-state index in [0.29, 0.717) is 25.0 Å². The Kier molecular flexibility index (Phi) is 6.46. The number of carbonyl (C=O) groups excluding carboxylic acids is 3. The molecule has 2 aromatic rings. The molecule has 4 aliphatic carbocycles. The monoisotopic (exact) mass is 547 g/mol. The third kappa shape index (κ3) is 4.06. The van der Waals surface area contributed by atoms with Crippen molar-refractivity contribution in [3.8, 4) is 0 Å². The molecule has 3 saturated carbocycles. The van der Waals surface area contributed by atoms with Crippen LogP contribution in [-0.2, 0) is 20.1 Å². The molecule has 39 heavy (non-hydrogen) atoms. The van der Waals surface area contributed by atoms with Crippen LogP contribution in [0.25, 0.3) is 0 Å². The minimum absolute atomic E-state index is 0.00341. The van der Waals surface area contributed by atoms with Gasteiger partial charge >= 0.3 is 5.97 Å². The van der Waals surface area contributed by atoms with E-state index in [1.54, 1.807) is 24.4 Å². The van der Waals surface area contributed by atoms with Gasteiger partial charge in [-0.05, 0) is 80.4 Å². The minimum Gasteiger partial charge on any atom is -0.457 e. The number of esters is 1. The molecule has 0 amide bonds. The van der Waals surface area contributed by atoms with E-state index >= 15 is 0 Å². The summed E-state index contributed by atoms with van der Waals surface area (Å²) >= 11 is 1.12. The van der Waals surface area contributed by atoms with Crippen LogP contribution in [0.2, 0.25) is 0 Å². The number of ether oxygens (including phenoxy) is 1. The molecule has 0 aliphatic heterocycles. The first-order chi connectivity index (χ1) is 18.7. The molecule has 8 heteroatoms. The number of aliphatic hydroxyl groups is 1. The van der Waals surface area contributed by atoms with Crippen molar-refractivity contribution < 1.29 is 28.6 Å². The molecule has 3 fully saturated rings. The number of allylic oxidation sites excluding steroid dienone is 4. The lowest BCUT2D eigenvalue weighted by atomic mass is 9.46. The first-order valence-corrected chi connectivity index (χ1v) is 14.6. The van der Waals surface area contributed by atoms with Gasteiger partial charge in [0.25, 0.3) is 0 Å². The fourth-order valence-electron chi connectivity index (χ4n) is 8.20. The topological polar surface area (TPSA) is 107 Å². The Bertz CT molecular complexity index is 1350. The molecule has 6 rings (SSSR count). The average Bonchev–Trinajstić information content (AvgIpc) is 3.55. The van der Waals surface area contributed by atoms with Crippen molar-refractivity contribution in [1.82, 2.24) is 4.98 Å². The van der Waals surface area contributed by atoms with Gasteiger partial charge in [0, 0.05) is 28.7 Å². The fourth-order valence-corrected chi connectivity index (χ4v) is 9.26. The molecule has 0 saturated heterocycles. The molecule has 0 aromatic carbocycles. The Balaban J connectivity index is 1.36. The zero-order valence-electron chi connectivity index (χ0n) is 22.2. The van der Waals surface area contributed by atoms with Crippen LogP contribution in [0.3, 0.4) is 0 Å². The highest BCUT2D eigenvalue weighted by atomic mass is 32.2. The molecule has 204 valence electrons. The van der Waals surface area contributed by atoms with E-state index in [1.165, 1.54) is 12.3 Å². The number of aliphatic hydroxyl groups excluding tert-OH is 1. The van der Waals surface area contributed by atoms with Crippen LogP contribution >= 0.6 is 11.8 Å². The van der Waals surface area contributed by atoms with Gasteiger partial charge in [0.15, 0.2) is 11.4 Å². The Hall–Kier alpha value is -2.97. The van der Waals surface area contributed by atoms with Crippen molar-refractivity contribution in [2.24, 2.45) is 28.6 Å². The smallest absolute Gasteiger partial charge is 0.375 e. The lowest BCUT2D eigenvalue weighted by molar-refractivity contribution is -0.171. The SMILES string of the molecule is CC12C=CC(=O)C=C1CCC1C2C(O)CC2(C)C1CC[C@]2(OC(=O)c1ccco1)C(=O)SCc1ccccn1. The van der Waals surface area contributed by atoms with E-state index in [9.17, 15) is 19.5 Å². The summed E-state index contributed by atoms with van der Waals surface area (Å²) in [5, 5.41) is 11.6. The number of carbonyl (C=O) groups is 3. The molecule has 1 N–H and O–H groups in total. The zero-order chi connectivity index (χ0) is 27.4. The molecule has 2 heterocycles. The van der Waals surface area contributed by atoms with E-state index in [2.05, 4.69) is 11.9 Å². The van der Waals surface area contributed by atoms with Gasteiger partial charge in [0.1, 0.15) is 0 Å². The highest BCUT2D eigenvalue weighted by Gasteiger charge is 2.70. The third-order valence-corrected chi connectivity index (χ3v) is 11.0. The summed E-state index contributed by atoms with van der Waals surface area (Å²) in [6.45, 7) is 4.14. The summed E-state index contributed by atoms with van der Waals surface area (Å²) in [6, 6.07) is 8.73. The highest BCUT2D eigenvalue weighted by molar-refractivity contribution is 8.13. The molecular weight excluding hydrogens is 514 g/mol. The predicted molar refractivity (Wildman–Crippen MR) is 145 cm³/mol. The number of furan rings is 1. The molecule has 7 nitrogen and oxygen atoms in total. The van der Waals surface area contributed by atoms with E-state index in [0.717, 1.165) is 35.9 Å². The molecule has 7 atom stereocenters. The van der Waals surface area contributed by atoms with Gasteiger partial charge in [0.05, 0.1) is 18.1 Å². The molecule has 6 unspecified atom stereocenters. The van der Waals surface area contributed by atoms with Gasteiger partial charge in [-0.2, -0.15) is 0 Å². The number of rotatable bonds is 5. The lowest BCUT2D eigenvalue weighted by Gasteiger charge is -2.59. The normalized spacial score (nSPS) is 36.9. The van der Waals surface area contributed by atoms with Gasteiger partial charge in [0.2, 0.25) is 10.9 Å². The number of thioether (sulfide) groups is 1. The second-order valence-electron chi connectivity index (χ2n) is 11.8. The Morgan fingerprint density at radius 2 is 2.05 bits per heavy atom. The van der Waals surface area contributed by atoms with Crippen molar-refractivity contribution in [1.29, 1.82) is 0 Å². The molecule has 0 radical (unpaired) electrons. The van der Waals surface area contributed by atoms with Crippen LogP contribution in [0.15, 0.2) is 71.0 Å². The van der Waals surface area contributed by atoms with Gasteiger partial charge in [-0.15, -0.1) is 0 Å². The van der Waals surface area contributed by atoms with Crippen molar-refractivity contribution in [3.63, 3.8) is 0 Å². The van der Waals surface area contributed by atoms with Crippen LogP contribution in [0.4, 0.5) is 0 Å². The summed E-state index contributed by atoms with van der Waals surface area (Å²) < 4.78 is 11.6. The number of fused-ring (bicyclic) bond motifs is 5. The number of hydrogen-bond donors (Lipinski definition) is 1. The van der Waals surface area contributed by atoms with Gasteiger partial charge < -0.3 is 14.3 Å². The first-order valence-electron chi connectivity index (χ1n) is 13.6. The molecule has 4 aliphatic rings. The Labute approximate surface area is 232 Å². The van der Waals surface area contributed by atoms with Crippen LogP contribution < -0.4 is 0 Å². The number of hydrogen-bond acceptors (Lipinski definition) is 8. The average molecular weight is 548 g/mol. The van der Waals surface area contributed by atoms with Gasteiger partial charge in [-0.3, -0.25) is 14.6 Å². The van der Waals surface area contributed by atoms with Crippen LogP contribution in [-0.4, -0.2) is 38.7 Å². The van der Waals surface area contributed by atoms with Crippen molar-refractivity contribution in [2.45, 2.75) is 63.4 Å². The fraction of sp³-hybridized carbons (Fsp3) is 0.484. The molecule has 2 aromatic heterocycles. The van der Waals surface area contributed by atoms with Crippen molar-refractivity contribution >= 4 is 28.6 Å². The first kappa shape index (κ1) is 26.3. The molecular formula is C31H33NO6S. The van der Waals surface area contributed by atoms with E-state index in [4.69, 9.17) is 9.15 Å². The van der Waals surface area contributed by atoms with Crippen LogP contribution in [0, 0.1) is 28.6 Å². The maximum Gasteiger partial charge on any atom is 0.375 e. The number of ketones is 1. The maximum absolute atomic E-state index is 14.2. The lowest BCUT2D eigenvalue weighted by Crippen LogP contribution is -2.62. The largest absolute Gasteiger partial charge is 0.457 e. The van der Waals surface area contributed by atoms with Crippen molar-refractivity contribution in [3.05, 3.63) is 78.0 Å². The Morgan fingerprint density at radius 1 is 1.21 bits per heavy atom. The number of aromatic nitrogens is 1. The molecule has 0 bridgehead atoms. The number of nitrogens with zero attached hydrogens (tertiary/aromatic N) is 1. The standard InChI is InChI=1S/C31H33NO6S/c1-29-12-10-21(33)16-19(29)8-9-22-23-11-13-31(30(23,2)17-24(34)26(22)29,38-27(35)25-7-5-15-37-25)28(36)39-18-20-6-3-4-14-32-20/h3-7,10,12,14-16,22-24,26,34H,8-9,11,13,17-18H2,1-2H3/t22?,23?,24?,26?,29?,30?,31-/m0/s1. The highest BCUT2D eigenvalue weighted by Crippen LogP contribution is 2.68. The summed E-state index contributed by atoms with van der Waals surface area (Å²) in [5.41, 5.74) is -0.747. The molecule has 0 spiro atoms. The zero-order valence-corrected chi connectivity index (χ0v) is 23.0. The summed E-state index contributed by atoms with van der Waals surface area (Å²) in [5.74, 6) is -0.144. The Morgan fingerprint density at radius 3 is 2.79 bits per heavy atom. The summed E-state index contributed by atoms with van der Waals surface area (Å²) in [4.78, 5) is 44.0. The number of pyridine rings is 1. The third-order valence-electron chi connectivity index (χ3n) is 10.0. The van der Waals surface area contributed by atoms with E-state index in [-0.39, 0.29) is 34.4 Å². The predicted octanol–water partition coefficient (Wildman–Crippen LogP) is 5.31. The summed E-state index contributed by atoms with van der Waals surface area (Å²) in [7, 11) is 0. The maximum atomic E-state index is 14.2. The second-order valence-corrected chi connectivity index (χ2v) is 12.8. The van der Waals surface area contributed by atoms with E-state index < -0.39 is 28.5 Å². The van der Waals surface area contributed by atoms with Gasteiger partial charge in [-0.1, -0.05) is 43.3 Å². The van der Waals surface area contributed by atoms with E-state index in [1.807, 2.05) is 31.2 Å².